The van der Waals surface area contributed by atoms with Gasteiger partial charge in [0.2, 0.25) is 0 Å². The number of H-pyrrole nitrogens is 1. The van der Waals surface area contributed by atoms with Gasteiger partial charge in [0.25, 0.3) is 12.4 Å². The number of ether oxygens (including phenoxy) is 1. The van der Waals surface area contributed by atoms with Crippen LogP contribution in [0.15, 0.2) is 36.7 Å². The van der Waals surface area contributed by atoms with Crippen molar-refractivity contribution in [1.29, 1.82) is 0 Å². The third-order valence-corrected chi connectivity index (χ3v) is 5.06. The third-order valence-electron chi connectivity index (χ3n) is 5.06. The van der Waals surface area contributed by atoms with Gasteiger partial charge in [0.1, 0.15) is 5.82 Å². The molecule has 0 aliphatic carbocycles. The number of halogens is 1. The van der Waals surface area contributed by atoms with Crippen molar-refractivity contribution >= 4 is 23.3 Å². The summed E-state index contributed by atoms with van der Waals surface area (Å²) in [5, 5.41) is 14.6. The monoisotopic (exact) mass is 429 g/mol. The zero-order valence-corrected chi connectivity index (χ0v) is 17.1. The van der Waals surface area contributed by atoms with Crippen LogP contribution in [0.3, 0.4) is 0 Å². The van der Waals surface area contributed by atoms with Crippen LogP contribution in [0.1, 0.15) is 10.4 Å². The molecule has 1 aromatic carbocycles. The lowest BCUT2D eigenvalue weighted by molar-refractivity contribution is -0.122. The second kappa shape index (κ2) is 10.6. The Kier molecular flexibility index (Phi) is 7.63. The molecule has 0 bridgehead atoms. The number of aromatic nitrogens is 3. The summed E-state index contributed by atoms with van der Waals surface area (Å²) >= 11 is 0. The standard InChI is InChI=1S/C20H22FN5O2.CH2O2/c1-28-9-8-25-4-6-26(7-5-25)20(27)15-10-14(11-16(21)12-15)19-17-13-23-24-18(17)2-3-22-19;2-1-3/h2-3,10-13H,4-9H2,1H3,(H,23,24);1H,(H,2,3). The minimum atomic E-state index is -0.457. The molecule has 0 atom stereocenters. The van der Waals surface area contributed by atoms with Gasteiger partial charge in [-0.2, -0.15) is 5.10 Å². The minimum absolute atomic E-state index is 0.161. The van der Waals surface area contributed by atoms with Gasteiger partial charge in [-0.3, -0.25) is 24.6 Å². The number of rotatable bonds is 5. The van der Waals surface area contributed by atoms with E-state index in [1.807, 2.05) is 0 Å². The highest BCUT2D eigenvalue weighted by Gasteiger charge is 2.23. The molecule has 1 aliphatic heterocycles. The molecule has 3 heterocycles. The van der Waals surface area contributed by atoms with E-state index in [1.165, 1.54) is 12.1 Å². The molecule has 31 heavy (non-hydrogen) atoms. The summed E-state index contributed by atoms with van der Waals surface area (Å²) in [6.45, 7) is 4.07. The third kappa shape index (κ3) is 5.41. The normalized spacial score (nSPS) is 14.2. The van der Waals surface area contributed by atoms with E-state index in [9.17, 15) is 9.18 Å². The van der Waals surface area contributed by atoms with Crippen molar-refractivity contribution in [2.45, 2.75) is 0 Å². The number of fused-ring (bicyclic) bond motifs is 1. The van der Waals surface area contributed by atoms with Crippen LogP contribution in [-0.4, -0.2) is 88.9 Å². The number of carbonyl (C=O) groups excluding carboxylic acids is 1. The summed E-state index contributed by atoms with van der Waals surface area (Å²) in [5.41, 5.74) is 2.32. The molecule has 0 saturated carbocycles. The maximum Gasteiger partial charge on any atom is 0.290 e. The highest BCUT2D eigenvalue weighted by Crippen LogP contribution is 2.27. The molecule has 9 nitrogen and oxygen atoms in total. The summed E-state index contributed by atoms with van der Waals surface area (Å²) in [6.07, 6.45) is 3.30. The quantitative estimate of drug-likeness (QED) is 0.596. The molecule has 2 aromatic heterocycles. The Morgan fingerprint density at radius 3 is 2.74 bits per heavy atom. The number of amides is 1. The lowest BCUT2D eigenvalue weighted by Crippen LogP contribution is -2.49. The molecule has 0 spiro atoms. The molecule has 0 unspecified atom stereocenters. The Labute approximate surface area is 178 Å². The smallest absolute Gasteiger partial charge is 0.290 e. The molecular weight excluding hydrogens is 405 g/mol. The Morgan fingerprint density at radius 2 is 2.03 bits per heavy atom. The van der Waals surface area contributed by atoms with Gasteiger partial charge in [-0.25, -0.2) is 4.39 Å². The van der Waals surface area contributed by atoms with Crippen molar-refractivity contribution in [3.63, 3.8) is 0 Å². The maximum atomic E-state index is 14.3. The average Bonchev–Trinajstić information content (AvgIpc) is 3.27. The van der Waals surface area contributed by atoms with Crippen molar-refractivity contribution in [1.82, 2.24) is 25.0 Å². The van der Waals surface area contributed by atoms with E-state index in [2.05, 4.69) is 20.1 Å². The molecule has 10 heteroatoms. The van der Waals surface area contributed by atoms with E-state index in [0.29, 0.717) is 36.5 Å². The zero-order chi connectivity index (χ0) is 22.2. The summed E-state index contributed by atoms with van der Waals surface area (Å²) in [5.74, 6) is -0.617. The van der Waals surface area contributed by atoms with Gasteiger partial charge in [0.15, 0.2) is 0 Å². The fourth-order valence-corrected chi connectivity index (χ4v) is 3.53. The van der Waals surface area contributed by atoms with Crippen LogP contribution in [0.5, 0.6) is 0 Å². The molecule has 0 radical (unpaired) electrons. The van der Waals surface area contributed by atoms with E-state index in [-0.39, 0.29) is 12.4 Å². The van der Waals surface area contributed by atoms with E-state index in [0.717, 1.165) is 30.5 Å². The fourth-order valence-electron chi connectivity index (χ4n) is 3.53. The van der Waals surface area contributed by atoms with Gasteiger partial charge in [-0.05, 0) is 24.3 Å². The number of carboxylic acid groups (broad SMARTS) is 1. The lowest BCUT2D eigenvalue weighted by atomic mass is 10.0. The first-order chi connectivity index (χ1) is 15.1. The van der Waals surface area contributed by atoms with E-state index < -0.39 is 5.82 Å². The average molecular weight is 429 g/mol. The Hall–Kier alpha value is -3.37. The zero-order valence-electron chi connectivity index (χ0n) is 17.1. The topological polar surface area (TPSA) is 112 Å². The molecule has 1 aliphatic rings. The van der Waals surface area contributed by atoms with Crippen molar-refractivity contribution in [3.8, 4) is 11.3 Å². The van der Waals surface area contributed by atoms with E-state index in [1.54, 1.807) is 36.5 Å². The number of benzene rings is 1. The molecule has 1 amide bonds. The molecule has 2 N–H and O–H groups in total. The number of hydrogen-bond donors (Lipinski definition) is 2. The predicted molar refractivity (Wildman–Crippen MR) is 112 cm³/mol. The van der Waals surface area contributed by atoms with Crippen LogP contribution in [0.4, 0.5) is 4.39 Å². The second-order valence-electron chi connectivity index (χ2n) is 6.95. The van der Waals surface area contributed by atoms with Crippen LogP contribution in [0, 0.1) is 5.82 Å². The highest BCUT2D eigenvalue weighted by atomic mass is 19.1. The van der Waals surface area contributed by atoms with Crippen molar-refractivity contribution in [2.24, 2.45) is 0 Å². The Bertz CT molecular complexity index is 1030. The van der Waals surface area contributed by atoms with Gasteiger partial charge in [-0.15, -0.1) is 0 Å². The number of hydrogen-bond acceptors (Lipinski definition) is 6. The number of nitrogens with one attached hydrogen (secondary N) is 1. The first kappa shape index (κ1) is 22.3. The number of pyridine rings is 1. The SMILES string of the molecule is COCCN1CCN(C(=O)c2cc(F)cc(-c3nccc4[nH]ncc34)c2)CC1.O=CO. The van der Waals surface area contributed by atoms with Gasteiger partial charge in [0.05, 0.1) is 24.0 Å². The van der Waals surface area contributed by atoms with E-state index in [4.69, 9.17) is 14.6 Å². The van der Waals surface area contributed by atoms with Gasteiger partial charge in [-0.1, -0.05) is 0 Å². The molecule has 1 fully saturated rings. The second-order valence-corrected chi connectivity index (χ2v) is 6.95. The van der Waals surface area contributed by atoms with E-state index >= 15 is 0 Å². The predicted octanol–water partition coefficient (Wildman–Crippen LogP) is 1.87. The largest absolute Gasteiger partial charge is 0.483 e. The minimum Gasteiger partial charge on any atom is -0.483 e. The number of methoxy groups -OCH3 is 1. The number of aromatic amines is 1. The van der Waals surface area contributed by atoms with Crippen molar-refractivity contribution < 1.29 is 23.8 Å². The summed E-state index contributed by atoms with van der Waals surface area (Å²) in [6, 6.07) is 6.20. The Morgan fingerprint density at radius 1 is 1.29 bits per heavy atom. The van der Waals surface area contributed by atoms with Gasteiger partial charge < -0.3 is 14.7 Å². The molecular formula is C21H24FN5O4. The summed E-state index contributed by atoms with van der Waals surface area (Å²) in [7, 11) is 1.68. The lowest BCUT2D eigenvalue weighted by Gasteiger charge is -2.34. The Balaban J connectivity index is 0.000000858. The first-order valence-electron chi connectivity index (χ1n) is 9.75. The van der Waals surface area contributed by atoms with Crippen LogP contribution in [-0.2, 0) is 9.53 Å². The van der Waals surface area contributed by atoms with Crippen LogP contribution < -0.4 is 0 Å². The number of piperazine rings is 1. The molecule has 4 rings (SSSR count). The molecule has 164 valence electrons. The highest BCUT2D eigenvalue weighted by molar-refractivity contribution is 5.97. The maximum absolute atomic E-state index is 14.3. The number of nitrogens with zero attached hydrogens (tertiary/aromatic N) is 4. The molecule has 3 aromatic rings. The van der Waals surface area contributed by atoms with Gasteiger partial charge in [0, 0.05) is 62.5 Å². The van der Waals surface area contributed by atoms with Crippen LogP contribution in [0.2, 0.25) is 0 Å². The fraction of sp³-hybridized carbons (Fsp3) is 0.333. The first-order valence-corrected chi connectivity index (χ1v) is 9.75. The number of carbonyl (C=O) groups is 2. The van der Waals surface area contributed by atoms with Gasteiger partial charge >= 0.3 is 0 Å². The summed E-state index contributed by atoms with van der Waals surface area (Å²) in [4.78, 5) is 29.7. The van der Waals surface area contributed by atoms with Crippen LogP contribution in [0.25, 0.3) is 22.2 Å². The van der Waals surface area contributed by atoms with Crippen molar-refractivity contribution in [3.05, 3.63) is 48.0 Å². The van der Waals surface area contributed by atoms with Crippen LogP contribution >= 0.6 is 0 Å². The molecule has 1 saturated heterocycles. The summed E-state index contributed by atoms with van der Waals surface area (Å²) < 4.78 is 19.4. The van der Waals surface area contributed by atoms with Crippen molar-refractivity contribution in [2.75, 3.05) is 46.4 Å².